The summed E-state index contributed by atoms with van der Waals surface area (Å²) < 4.78 is 5.29. The van der Waals surface area contributed by atoms with Crippen LogP contribution in [0.3, 0.4) is 0 Å². The molecule has 1 saturated heterocycles. The third-order valence-corrected chi connectivity index (χ3v) is 4.99. The number of methoxy groups -OCH3 is 1. The smallest absolute Gasteiger partial charge is 0.121 e. The minimum Gasteiger partial charge on any atom is -0.497 e. The normalized spacial score (nSPS) is 17.6. The third kappa shape index (κ3) is 2.75. The molecule has 0 aliphatic carbocycles. The predicted molar refractivity (Wildman–Crippen MR) is 82.2 cm³/mol. The summed E-state index contributed by atoms with van der Waals surface area (Å²) in [6, 6.07) is 8.00. The van der Waals surface area contributed by atoms with Crippen LogP contribution in [-0.4, -0.2) is 20.2 Å². The van der Waals surface area contributed by atoms with Gasteiger partial charge in [-0.25, -0.2) is 0 Å². The van der Waals surface area contributed by atoms with Crippen molar-refractivity contribution in [2.24, 2.45) is 5.41 Å². The van der Waals surface area contributed by atoms with Gasteiger partial charge in [-0.15, -0.1) is 0 Å². The van der Waals surface area contributed by atoms with Crippen molar-refractivity contribution < 1.29 is 4.74 Å². The molecule has 108 valence electrons. The summed E-state index contributed by atoms with van der Waals surface area (Å²) in [5.41, 5.74) is 2.27. The fourth-order valence-corrected chi connectivity index (χ4v) is 3.17. The van der Waals surface area contributed by atoms with E-state index in [1.807, 2.05) is 18.2 Å². The first-order valence-corrected chi connectivity index (χ1v) is 7.51. The van der Waals surface area contributed by atoms with Crippen molar-refractivity contribution in [3.63, 3.8) is 0 Å². The number of piperidine rings is 1. The Labute approximate surface area is 122 Å². The molecule has 0 bridgehead atoms. The lowest BCUT2D eigenvalue weighted by molar-refractivity contribution is 0.199. The number of nitrogens with zero attached hydrogens (tertiary/aromatic N) is 2. The Bertz CT molecular complexity index is 490. The van der Waals surface area contributed by atoms with E-state index >= 15 is 0 Å². The van der Waals surface area contributed by atoms with Crippen LogP contribution >= 0.6 is 0 Å². The first-order valence-electron chi connectivity index (χ1n) is 7.51. The first kappa shape index (κ1) is 14.7. The first-order chi connectivity index (χ1) is 9.68. The maximum atomic E-state index is 9.29. The van der Waals surface area contributed by atoms with Crippen molar-refractivity contribution >= 4 is 5.69 Å². The molecular weight excluding hydrogens is 248 g/mol. The van der Waals surface area contributed by atoms with Gasteiger partial charge in [0.15, 0.2) is 0 Å². The molecule has 3 nitrogen and oxygen atoms in total. The van der Waals surface area contributed by atoms with E-state index < -0.39 is 0 Å². The number of ether oxygens (including phenoxy) is 1. The van der Waals surface area contributed by atoms with Crippen molar-refractivity contribution in [3.05, 3.63) is 23.8 Å². The molecule has 1 aromatic rings. The average molecular weight is 272 g/mol. The van der Waals surface area contributed by atoms with Crippen molar-refractivity contribution in [3.8, 4) is 11.8 Å². The van der Waals surface area contributed by atoms with Crippen LogP contribution in [0.1, 0.15) is 45.1 Å². The van der Waals surface area contributed by atoms with E-state index in [1.54, 1.807) is 7.11 Å². The second kappa shape index (κ2) is 6.17. The van der Waals surface area contributed by atoms with E-state index in [0.29, 0.717) is 5.41 Å². The Morgan fingerprint density at radius 2 is 1.90 bits per heavy atom. The molecule has 0 N–H and O–H groups in total. The largest absolute Gasteiger partial charge is 0.497 e. The van der Waals surface area contributed by atoms with Gasteiger partial charge in [-0.3, -0.25) is 0 Å². The van der Waals surface area contributed by atoms with Gasteiger partial charge >= 0.3 is 0 Å². The zero-order chi connectivity index (χ0) is 14.6. The molecule has 1 aliphatic rings. The molecule has 0 amide bonds. The zero-order valence-electron chi connectivity index (χ0n) is 12.8. The van der Waals surface area contributed by atoms with Gasteiger partial charge in [0.05, 0.1) is 18.4 Å². The Kier molecular flexibility index (Phi) is 4.54. The Morgan fingerprint density at radius 1 is 1.25 bits per heavy atom. The van der Waals surface area contributed by atoms with Crippen LogP contribution in [-0.2, 0) is 0 Å². The van der Waals surface area contributed by atoms with Gasteiger partial charge in [0.25, 0.3) is 0 Å². The number of anilines is 1. The van der Waals surface area contributed by atoms with E-state index in [2.05, 4.69) is 24.8 Å². The molecular formula is C17H24N2O. The molecule has 0 unspecified atom stereocenters. The van der Waals surface area contributed by atoms with E-state index in [1.165, 1.54) is 25.7 Å². The number of benzene rings is 1. The highest BCUT2D eigenvalue weighted by Crippen LogP contribution is 2.40. The van der Waals surface area contributed by atoms with Gasteiger partial charge in [0.1, 0.15) is 11.8 Å². The molecule has 2 rings (SSSR count). The van der Waals surface area contributed by atoms with E-state index in [9.17, 15) is 5.26 Å². The Hall–Kier alpha value is -1.69. The van der Waals surface area contributed by atoms with Gasteiger partial charge in [0.2, 0.25) is 0 Å². The maximum Gasteiger partial charge on any atom is 0.121 e. The van der Waals surface area contributed by atoms with E-state index in [0.717, 1.165) is 30.1 Å². The minimum atomic E-state index is 0.502. The van der Waals surface area contributed by atoms with Crippen LogP contribution < -0.4 is 9.64 Å². The summed E-state index contributed by atoms with van der Waals surface area (Å²) in [4.78, 5) is 2.34. The molecule has 0 atom stereocenters. The number of nitriles is 1. The van der Waals surface area contributed by atoms with Gasteiger partial charge in [-0.05, 0) is 30.4 Å². The van der Waals surface area contributed by atoms with Crippen LogP contribution in [0.15, 0.2) is 18.2 Å². The SMILES string of the molecule is CCC1(CC)CCN(c2cc(OC)ccc2C#N)CC1. The molecule has 0 aromatic heterocycles. The lowest BCUT2D eigenvalue weighted by atomic mass is 9.74. The van der Waals surface area contributed by atoms with Crippen LogP contribution in [0.4, 0.5) is 5.69 Å². The highest BCUT2D eigenvalue weighted by molar-refractivity contribution is 5.62. The van der Waals surface area contributed by atoms with E-state index in [4.69, 9.17) is 4.74 Å². The molecule has 1 aromatic carbocycles. The van der Waals surface area contributed by atoms with Crippen LogP contribution in [0.2, 0.25) is 0 Å². The number of rotatable bonds is 4. The molecule has 20 heavy (non-hydrogen) atoms. The molecule has 0 saturated carbocycles. The van der Waals surface area contributed by atoms with Crippen LogP contribution in [0, 0.1) is 16.7 Å². The highest BCUT2D eigenvalue weighted by Gasteiger charge is 2.31. The third-order valence-electron chi connectivity index (χ3n) is 4.99. The van der Waals surface area contributed by atoms with E-state index in [-0.39, 0.29) is 0 Å². The average Bonchev–Trinajstić information content (AvgIpc) is 2.54. The number of hydrogen-bond acceptors (Lipinski definition) is 3. The van der Waals surface area contributed by atoms with Gasteiger partial charge in [0, 0.05) is 19.2 Å². The molecule has 1 heterocycles. The van der Waals surface area contributed by atoms with Gasteiger partial charge < -0.3 is 9.64 Å². The summed E-state index contributed by atoms with van der Waals surface area (Å²) >= 11 is 0. The van der Waals surface area contributed by atoms with Crippen molar-refractivity contribution in [2.75, 3.05) is 25.1 Å². The fraction of sp³-hybridized carbons (Fsp3) is 0.588. The van der Waals surface area contributed by atoms with Crippen molar-refractivity contribution in [1.82, 2.24) is 0 Å². The topological polar surface area (TPSA) is 36.3 Å². The second-order valence-electron chi connectivity index (χ2n) is 5.69. The monoisotopic (exact) mass is 272 g/mol. The molecule has 3 heteroatoms. The molecule has 0 spiro atoms. The second-order valence-corrected chi connectivity index (χ2v) is 5.69. The summed E-state index contributed by atoms with van der Waals surface area (Å²) in [6.45, 7) is 6.66. The van der Waals surface area contributed by atoms with Crippen LogP contribution in [0.5, 0.6) is 5.75 Å². The van der Waals surface area contributed by atoms with Gasteiger partial charge in [-0.2, -0.15) is 5.26 Å². The summed E-state index contributed by atoms with van der Waals surface area (Å²) in [7, 11) is 1.67. The fourth-order valence-electron chi connectivity index (χ4n) is 3.17. The number of hydrogen-bond donors (Lipinski definition) is 0. The lowest BCUT2D eigenvalue weighted by Crippen LogP contribution is -2.40. The minimum absolute atomic E-state index is 0.502. The highest BCUT2D eigenvalue weighted by atomic mass is 16.5. The summed E-state index contributed by atoms with van der Waals surface area (Å²) in [5, 5.41) is 9.29. The standard InChI is InChI=1S/C17H24N2O/c1-4-17(5-2)8-10-19(11-9-17)16-12-15(20-3)7-6-14(16)13-18/h6-7,12H,4-5,8-11H2,1-3H3. The quantitative estimate of drug-likeness (QED) is 0.832. The molecule has 1 fully saturated rings. The summed E-state index contributed by atoms with van der Waals surface area (Å²) in [5.74, 6) is 0.821. The van der Waals surface area contributed by atoms with Crippen molar-refractivity contribution in [1.29, 1.82) is 5.26 Å². The van der Waals surface area contributed by atoms with Gasteiger partial charge in [-0.1, -0.05) is 26.7 Å². The molecule has 0 radical (unpaired) electrons. The Morgan fingerprint density at radius 3 is 2.40 bits per heavy atom. The predicted octanol–water partition coefficient (Wildman–Crippen LogP) is 3.97. The maximum absolute atomic E-state index is 9.29. The van der Waals surface area contributed by atoms with Crippen molar-refractivity contribution in [2.45, 2.75) is 39.5 Å². The Balaban J connectivity index is 2.20. The lowest BCUT2D eigenvalue weighted by Gasteiger charge is -2.42. The zero-order valence-corrected chi connectivity index (χ0v) is 12.8. The summed E-state index contributed by atoms with van der Waals surface area (Å²) in [6.07, 6.45) is 4.92. The molecule has 1 aliphatic heterocycles. The van der Waals surface area contributed by atoms with Crippen LogP contribution in [0.25, 0.3) is 0 Å².